The van der Waals surface area contributed by atoms with Gasteiger partial charge in [0.2, 0.25) is 5.91 Å². The van der Waals surface area contributed by atoms with Gasteiger partial charge in [0.1, 0.15) is 10.8 Å². The van der Waals surface area contributed by atoms with Crippen LogP contribution < -0.4 is 5.32 Å². The zero-order valence-electron chi connectivity index (χ0n) is 9.54. The molecule has 0 radical (unpaired) electrons. The maximum atomic E-state index is 13.5. The number of halogens is 2. The highest BCUT2D eigenvalue weighted by atomic mass is 35.5. The van der Waals surface area contributed by atoms with Crippen molar-refractivity contribution in [3.05, 3.63) is 46.4 Å². The second-order valence-corrected chi connectivity index (χ2v) is 4.97. The number of rotatable bonds is 3. The van der Waals surface area contributed by atoms with E-state index in [1.807, 2.05) is 6.92 Å². The van der Waals surface area contributed by atoms with Crippen LogP contribution in [0.15, 0.2) is 24.3 Å². The molecular weight excluding hydrogens is 275 g/mol. The van der Waals surface area contributed by atoms with Crippen LogP contribution in [0, 0.1) is 12.7 Å². The Morgan fingerprint density at radius 2 is 2.33 bits per heavy atom. The Bertz CT molecular complexity index is 565. The van der Waals surface area contributed by atoms with Gasteiger partial charge in [-0.25, -0.2) is 4.39 Å². The predicted octanol–water partition coefficient (Wildman–Crippen LogP) is 3.43. The number of benzene rings is 1. The molecule has 1 N–H and O–H groups in total. The normalized spacial score (nSPS) is 10.4. The first-order valence-corrected chi connectivity index (χ1v) is 6.37. The number of anilines is 1. The number of carbonyl (C=O) groups is 1. The van der Waals surface area contributed by atoms with Gasteiger partial charge in [0.25, 0.3) is 0 Å². The van der Waals surface area contributed by atoms with E-state index in [9.17, 15) is 9.18 Å². The second-order valence-electron chi connectivity index (χ2n) is 3.76. The van der Waals surface area contributed by atoms with Crippen molar-refractivity contribution in [3.8, 4) is 0 Å². The third-order valence-corrected chi connectivity index (χ3v) is 3.44. The Kier molecular flexibility index (Phi) is 3.93. The minimum atomic E-state index is -0.474. The van der Waals surface area contributed by atoms with Crippen LogP contribution in [0.25, 0.3) is 0 Å². The van der Waals surface area contributed by atoms with Crippen LogP contribution in [-0.4, -0.2) is 10.3 Å². The molecule has 2 rings (SSSR count). The van der Waals surface area contributed by atoms with Gasteiger partial charge in [0, 0.05) is 10.6 Å². The Morgan fingerprint density at radius 3 is 2.94 bits per heavy atom. The smallest absolute Gasteiger partial charge is 0.229 e. The number of carbonyl (C=O) groups excluding carboxylic acids is 1. The highest BCUT2D eigenvalue weighted by Crippen LogP contribution is 2.21. The Labute approximate surface area is 113 Å². The lowest BCUT2D eigenvalue weighted by molar-refractivity contribution is -0.115. The van der Waals surface area contributed by atoms with Crippen LogP contribution in [0.5, 0.6) is 0 Å². The zero-order valence-corrected chi connectivity index (χ0v) is 11.1. The van der Waals surface area contributed by atoms with E-state index in [4.69, 9.17) is 11.6 Å². The summed E-state index contributed by atoms with van der Waals surface area (Å²) in [5.74, 6) is -0.788. The number of nitrogens with zero attached hydrogens (tertiary/aromatic N) is 1. The van der Waals surface area contributed by atoms with Crippen LogP contribution in [0.1, 0.15) is 11.3 Å². The molecule has 0 unspecified atom stereocenters. The lowest BCUT2D eigenvalue weighted by atomic mass is 10.1. The Balaban J connectivity index is 2.08. The van der Waals surface area contributed by atoms with Gasteiger partial charge in [-0.05, 0) is 36.7 Å². The molecule has 94 valence electrons. The second kappa shape index (κ2) is 5.46. The topological polar surface area (TPSA) is 42.0 Å². The quantitative estimate of drug-likeness (QED) is 0.938. The highest BCUT2D eigenvalue weighted by Gasteiger charge is 2.12. The highest BCUT2D eigenvalue weighted by molar-refractivity contribution is 7.10. The summed E-state index contributed by atoms with van der Waals surface area (Å²) in [6, 6.07) is 6.10. The molecule has 1 amide bonds. The minimum Gasteiger partial charge on any atom is -0.316 e. The molecule has 18 heavy (non-hydrogen) atoms. The summed E-state index contributed by atoms with van der Waals surface area (Å²) in [5, 5.41) is 3.56. The molecule has 0 saturated carbocycles. The Hall–Kier alpha value is -1.46. The molecule has 3 nitrogen and oxygen atoms in total. The summed E-state index contributed by atoms with van der Waals surface area (Å²) in [6.45, 7) is 1.83. The van der Waals surface area contributed by atoms with Crippen LogP contribution in [0.4, 0.5) is 9.39 Å². The first kappa shape index (κ1) is 13.0. The monoisotopic (exact) mass is 284 g/mol. The van der Waals surface area contributed by atoms with Gasteiger partial charge < -0.3 is 5.32 Å². The van der Waals surface area contributed by atoms with E-state index in [2.05, 4.69) is 9.69 Å². The summed E-state index contributed by atoms with van der Waals surface area (Å²) in [7, 11) is 0. The third-order valence-electron chi connectivity index (χ3n) is 2.29. The van der Waals surface area contributed by atoms with Gasteiger partial charge in [0.15, 0.2) is 0 Å². The molecule has 2 aromatic rings. The molecule has 0 fully saturated rings. The van der Waals surface area contributed by atoms with E-state index >= 15 is 0 Å². The number of aromatic nitrogens is 1. The largest absolute Gasteiger partial charge is 0.316 e. The molecule has 0 aliphatic rings. The molecule has 0 atom stereocenters. The van der Waals surface area contributed by atoms with Gasteiger partial charge in [-0.15, -0.1) is 0 Å². The van der Waals surface area contributed by atoms with Crippen LogP contribution in [0.2, 0.25) is 5.02 Å². The molecule has 0 aliphatic heterocycles. The maximum absolute atomic E-state index is 13.5. The molecular formula is C12H10ClFN2OS. The lowest BCUT2D eigenvalue weighted by Crippen LogP contribution is -2.14. The standard InChI is InChI=1S/C12H10ClFN2OS/c1-7-5-12(18-16-7)15-11(17)6-8-9(13)3-2-4-10(8)14/h2-5H,6H2,1H3,(H,15,17). The number of aryl methyl sites for hydroxylation is 1. The minimum absolute atomic E-state index is 0.0948. The third kappa shape index (κ3) is 3.05. The molecule has 0 aliphatic carbocycles. The van der Waals surface area contributed by atoms with Crippen molar-refractivity contribution < 1.29 is 9.18 Å². The number of hydrogen-bond acceptors (Lipinski definition) is 3. The van der Waals surface area contributed by atoms with E-state index in [0.717, 1.165) is 5.69 Å². The van der Waals surface area contributed by atoms with Crippen molar-refractivity contribution >= 4 is 34.0 Å². The molecule has 0 saturated heterocycles. The van der Waals surface area contributed by atoms with Crippen molar-refractivity contribution in [2.24, 2.45) is 0 Å². The summed E-state index contributed by atoms with van der Waals surface area (Å²) < 4.78 is 17.5. The fourth-order valence-electron chi connectivity index (χ4n) is 1.47. The van der Waals surface area contributed by atoms with Gasteiger partial charge in [-0.3, -0.25) is 4.79 Å². The average Bonchev–Trinajstić information content (AvgIpc) is 2.69. The lowest BCUT2D eigenvalue weighted by Gasteiger charge is -2.05. The number of amides is 1. The summed E-state index contributed by atoms with van der Waals surface area (Å²) in [5.41, 5.74) is 1.04. The van der Waals surface area contributed by atoms with E-state index in [1.165, 1.54) is 23.7 Å². The fourth-order valence-corrected chi connectivity index (χ4v) is 2.37. The van der Waals surface area contributed by atoms with Crippen LogP contribution in [0.3, 0.4) is 0 Å². The van der Waals surface area contributed by atoms with Gasteiger partial charge in [0.05, 0.1) is 12.1 Å². The van der Waals surface area contributed by atoms with E-state index in [1.54, 1.807) is 12.1 Å². The molecule has 0 bridgehead atoms. The van der Waals surface area contributed by atoms with Crippen LogP contribution >= 0.6 is 23.1 Å². The average molecular weight is 285 g/mol. The first-order valence-electron chi connectivity index (χ1n) is 5.22. The van der Waals surface area contributed by atoms with Crippen molar-refractivity contribution in [1.29, 1.82) is 0 Å². The number of nitrogens with one attached hydrogen (secondary N) is 1. The maximum Gasteiger partial charge on any atom is 0.229 e. The molecule has 1 heterocycles. The summed E-state index contributed by atoms with van der Waals surface area (Å²) in [6.07, 6.45) is -0.0948. The summed E-state index contributed by atoms with van der Waals surface area (Å²) in [4.78, 5) is 11.7. The first-order chi connectivity index (χ1) is 8.56. The van der Waals surface area contributed by atoms with Crippen molar-refractivity contribution in [1.82, 2.24) is 4.37 Å². The molecule has 6 heteroatoms. The SMILES string of the molecule is Cc1cc(NC(=O)Cc2c(F)cccc2Cl)sn1. The van der Waals surface area contributed by atoms with Gasteiger partial charge in [-0.1, -0.05) is 17.7 Å². The van der Waals surface area contributed by atoms with E-state index in [0.29, 0.717) is 5.00 Å². The van der Waals surface area contributed by atoms with Crippen molar-refractivity contribution in [2.45, 2.75) is 13.3 Å². The molecule has 1 aromatic heterocycles. The number of hydrogen-bond donors (Lipinski definition) is 1. The summed E-state index contributed by atoms with van der Waals surface area (Å²) >= 11 is 7.04. The Morgan fingerprint density at radius 1 is 1.56 bits per heavy atom. The molecule has 1 aromatic carbocycles. The van der Waals surface area contributed by atoms with Crippen molar-refractivity contribution in [2.75, 3.05) is 5.32 Å². The van der Waals surface area contributed by atoms with E-state index in [-0.39, 0.29) is 22.9 Å². The van der Waals surface area contributed by atoms with Gasteiger partial charge in [-0.2, -0.15) is 4.37 Å². The predicted molar refractivity (Wildman–Crippen MR) is 70.6 cm³/mol. The molecule has 0 spiro atoms. The zero-order chi connectivity index (χ0) is 13.1. The van der Waals surface area contributed by atoms with Gasteiger partial charge >= 0.3 is 0 Å². The fraction of sp³-hybridized carbons (Fsp3) is 0.167. The van der Waals surface area contributed by atoms with Crippen LogP contribution in [-0.2, 0) is 11.2 Å². The van der Waals surface area contributed by atoms with Crippen molar-refractivity contribution in [3.63, 3.8) is 0 Å². The van der Waals surface area contributed by atoms with E-state index < -0.39 is 5.82 Å².